The second-order valence-electron chi connectivity index (χ2n) is 2.99. The third kappa shape index (κ3) is 1.73. The summed E-state index contributed by atoms with van der Waals surface area (Å²) in [7, 11) is 1.81. The van der Waals surface area contributed by atoms with Crippen LogP contribution in [0.4, 0.5) is 5.69 Å². The van der Waals surface area contributed by atoms with Crippen molar-refractivity contribution in [1.82, 2.24) is 4.98 Å². The zero-order valence-corrected chi connectivity index (χ0v) is 10.1. The maximum absolute atomic E-state index is 6.11. The van der Waals surface area contributed by atoms with Gasteiger partial charge in [-0.3, -0.25) is 4.98 Å². The molecule has 0 saturated carbocycles. The summed E-state index contributed by atoms with van der Waals surface area (Å²) in [6.45, 7) is 0. The van der Waals surface area contributed by atoms with Crippen LogP contribution in [0.25, 0.3) is 10.9 Å². The van der Waals surface area contributed by atoms with Crippen LogP contribution >= 0.6 is 34.8 Å². The number of aromatic nitrogens is 1. The summed E-state index contributed by atoms with van der Waals surface area (Å²) in [6, 6.07) is 3.42. The number of nitrogens with one attached hydrogen (secondary N) is 1. The van der Waals surface area contributed by atoms with Gasteiger partial charge in [0.25, 0.3) is 0 Å². The standard InChI is InChI=1S/C10H7Cl3N2/c1-14-7-2-3-15-10-6(12)4-5(11)9(13)8(7)10/h2-4H,1H3,(H,14,15). The molecule has 0 aliphatic heterocycles. The van der Waals surface area contributed by atoms with E-state index in [0.29, 0.717) is 20.6 Å². The maximum atomic E-state index is 6.11. The molecule has 0 bridgehead atoms. The van der Waals surface area contributed by atoms with Crippen molar-refractivity contribution < 1.29 is 0 Å². The molecule has 0 fully saturated rings. The van der Waals surface area contributed by atoms with Gasteiger partial charge in [-0.05, 0) is 12.1 Å². The van der Waals surface area contributed by atoms with Gasteiger partial charge >= 0.3 is 0 Å². The Hall–Kier alpha value is -0.700. The highest BCUT2D eigenvalue weighted by molar-refractivity contribution is 6.48. The SMILES string of the molecule is CNc1ccnc2c(Cl)cc(Cl)c(Cl)c12. The lowest BCUT2D eigenvalue weighted by Crippen LogP contribution is -1.92. The van der Waals surface area contributed by atoms with Crippen LogP contribution in [0.3, 0.4) is 0 Å². The van der Waals surface area contributed by atoms with E-state index < -0.39 is 0 Å². The van der Waals surface area contributed by atoms with Gasteiger partial charge in [0.05, 0.1) is 20.6 Å². The number of benzene rings is 1. The fraction of sp³-hybridized carbons (Fsp3) is 0.100. The van der Waals surface area contributed by atoms with E-state index in [1.165, 1.54) is 0 Å². The molecule has 0 aliphatic carbocycles. The molecule has 0 amide bonds. The van der Waals surface area contributed by atoms with E-state index in [-0.39, 0.29) is 0 Å². The predicted octanol–water partition coefficient (Wildman–Crippen LogP) is 4.24. The Morgan fingerprint density at radius 1 is 1.20 bits per heavy atom. The van der Waals surface area contributed by atoms with Crippen LogP contribution in [-0.2, 0) is 0 Å². The average Bonchev–Trinajstić information content (AvgIpc) is 2.25. The summed E-state index contributed by atoms with van der Waals surface area (Å²) in [6.07, 6.45) is 1.67. The first-order valence-corrected chi connectivity index (χ1v) is 5.38. The lowest BCUT2D eigenvalue weighted by atomic mass is 10.2. The molecule has 2 rings (SSSR count). The summed E-state index contributed by atoms with van der Waals surface area (Å²) in [5, 5.41) is 5.17. The normalized spacial score (nSPS) is 10.7. The minimum atomic E-state index is 0.429. The van der Waals surface area contributed by atoms with Crippen molar-refractivity contribution in [1.29, 1.82) is 0 Å². The van der Waals surface area contributed by atoms with Gasteiger partial charge in [-0.25, -0.2) is 0 Å². The fourth-order valence-electron chi connectivity index (χ4n) is 1.44. The van der Waals surface area contributed by atoms with Crippen LogP contribution < -0.4 is 5.32 Å². The molecule has 0 radical (unpaired) electrons. The van der Waals surface area contributed by atoms with E-state index in [1.807, 2.05) is 6.07 Å². The van der Waals surface area contributed by atoms with Crippen molar-refractivity contribution in [2.45, 2.75) is 0 Å². The number of rotatable bonds is 1. The first kappa shape index (κ1) is 10.8. The van der Waals surface area contributed by atoms with Crippen LogP contribution in [-0.4, -0.2) is 12.0 Å². The number of fused-ring (bicyclic) bond motifs is 1. The highest BCUT2D eigenvalue weighted by atomic mass is 35.5. The lowest BCUT2D eigenvalue weighted by Gasteiger charge is -2.09. The summed E-state index contributed by atoms with van der Waals surface area (Å²) in [5.41, 5.74) is 1.51. The Morgan fingerprint density at radius 2 is 1.93 bits per heavy atom. The topological polar surface area (TPSA) is 24.9 Å². The molecular formula is C10H7Cl3N2. The van der Waals surface area contributed by atoms with Gasteiger partial charge in [0.1, 0.15) is 0 Å². The fourth-order valence-corrected chi connectivity index (χ4v) is 2.19. The van der Waals surface area contributed by atoms with Gasteiger partial charge in [0.15, 0.2) is 0 Å². The van der Waals surface area contributed by atoms with Crippen LogP contribution in [0.5, 0.6) is 0 Å². The third-order valence-corrected chi connectivity index (χ3v) is 3.20. The van der Waals surface area contributed by atoms with E-state index in [2.05, 4.69) is 10.3 Å². The Balaban J connectivity index is 2.96. The molecule has 2 aromatic rings. The highest BCUT2D eigenvalue weighted by Crippen LogP contribution is 2.38. The van der Waals surface area contributed by atoms with Crippen molar-refractivity contribution >= 4 is 51.4 Å². The molecule has 1 heterocycles. The van der Waals surface area contributed by atoms with E-state index in [9.17, 15) is 0 Å². The van der Waals surface area contributed by atoms with Gasteiger partial charge < -0.3 is 5.32 Å². The Kier molecular flexibility index (Phi) is 2.91. The predicted molar refractivity (Wildman–Crippen MR) is 66.3 cm³/mol. The van der Waals surface area contributed by atoms with Crippen LogP contribution in [0.1, 0.15) is 0 Å². The van der Waals surface area contributed by atoms with Crippen LogP contribution in [0.15, 0.2) is 18.3 Å². The number of hydrogen-bond acceptors (Lipinski definition) is 2. The summed E-state index contributed by atoms with van der Waals surface area (Å²) in [4.78, 5) is 4.18. The second kappa shape index (κ2) is 4.05. The van der Waals surface area contributed by atoms with Gasteiger partial charge in [-0.1, -0.05) is 34.8 Å². The number of pyridine rings is 1. The van der Waals surface area contributed by atoms with E-state index in [4.69, 9.17) is 34.8 Å². The van der Waals surface area contributed by atoms with Crippen molar-refractivity contribution in [3.63, 3.8) is 0 Å². The Morgan fingerprint density at radius 3 is 2.60 bits per heavy atom. The maximum Gasteiger partial charge on any atom is 0.0924 e. The Labute approximate surface area is 102 Å². The third-order valence-electron chi connectivity index (χ3n) is 2.13. The molecule has 0 spiro atoms. The zero-order chi connectivity index (χ0) is 11.0. The minimum absolute atomic E-state index is 0.429. The number of anilines is 1. The Bertz CT molecular complexity index is 526. The van der Waals surface area contributed by atoms with E-state index >= 15 is 0 Å². The summed E-state index contributed by atoms with van der Waals surface area (Å²) < 4.78 is 0. The highest BCUT2D eigenvalue weighted by Gasteiger charge is 2.12. The van der Waals surface area contributed by atoms with E-state index in [1.54, 1.807) is 19.3 Å². The summed E-state index contributed by atoms with van der Waals surface area (Å²) in [5.74, 6) is 0. The van der Waals surface area contributed by atoms with E-state index in [0.717, 1.165) is 11.1 Å². The number of hydrogen-bond donors (Lipinski definition) is 1. The number of nitrogens with zero attached hydrogens (tertiary/aromatic N) is 1. The largest absolute Gasteiger partial charge is 0.387 e. The van der Waals surface area contributed by atoms with Crippen molar-refractivity contribution in [3.05, 3.63) is 33.4 Å². The molecule has 15 heavy (non-hydrogen) atoms. The van der Waals surface area contributed by atoms with Gasteiger partial charge in [0, 0.05) is 24.3 Å². The van der Waals surface area contributed by atoms with Crippen molar-refractivity contribution in [2.24, 2.45) is 0 Å². The number of halogens is 3. The first-order valence-electron chi connectivity index (χ1n) is 4.25. The molecule has 0 atom stereocenters. The van der Waals surface area contributed by atoms with Gasteiger partial charge in [-0.2, -0.15) is 0 Å². The van der Waals surface area contributed by atoms with Crippen LogP contribution in [0.2, 0.25) is 15.1 Å². The molecule has 1 aromatic heterocycles. The van der Waals surface area contributed by atoms with Crippen molar-refractivity contribution in [2.75, 3.05) is 12.4 Å². The average molecular weight is 262 g/mol. The van der Waals surface area contributed by atoms with Crippen LogP contribution in [0, 0.1) is 0 Å². The molecule has 0 saturated heterocycles. The lowest BCUT2D eigenvalue weighted by molar-refractivity contribution is 1.39. The first-order chi connectivity index (χ1) is 7.15. The van der Waals surface area contributed by atoms with Crippen molar-refractivity contribution in [3.8, 4) is 0 Å². The molecule has 78 valence electrons. The molecule has 1 aromatic carbocycles. The zero-order valence-electron chi connectivity index (χ0n) is 7.81. The minimum Gasteiger partial charge on any atom is -0.387 e. The second-order valence-corrected chi connectivity index (χ2v) is 4.18. The van der Waals surface area contributed by atoms with Gasteiger partial charge in [0.2, 0.25) is 0 Å². The summed E-state index contributed by atoms with van der Waals surface area (Å²) >= 11 is 18.1. The molecule has 1 N–H and O–H groups in total. The monoisotopic (exact) mass is 260 g/mol. The van der Waals surface area contributed by atoms with Gasteiger partial charge in [-0.15, -0.1) is 0 Å². The molecule has 0 unspecified atom stereocenters. The quantitative estimate of drug-likeness (QED) is 0.777. The molecular weight excluding hydrogens is 254 g/mol. The molecule has 0 aliphatic rings. The smallest absolute Gasteiger partial charge is 0.0924 e. The molecule has 2 nitrogen and oxygen atoms in total. The molecule has 5 heteroatoms.